The molecule has 1 rings (SSSR count). The molecular weight excluding hydrogens is 226 g/mol. The molecule has 0 aliphatic carbocycles. The molecular formula is C14H29N3O. The maximum absolute atomic E-state index is 12.3. The van der Waals surface area contributed by atoms with E-state index in [0.29, 0.717) is 6.04 Å². The van der Waals surface area contributed by atoms with Crippen molar-refractivity contribution < 1.29 is 4.79 Å². The smallest absolute Gasteiger partial charge is 0.237 e. The van der Waals surface area contributed by atoms with Crippen molar-refractivity contribution in [2.75, 3.05) is 19.6 Å². The lowest BCUT2D eigenvalue weighted by Crippen LogP contribution is -2.54. The highest BCUT2D eigenvalue weighted by Gasteiger charge is 2.30. The SMILES string of the molecule is CCCN(C1CCNC1)C(C)C(=O)NC(C)(C)C. The van der Waals surface area contributed by atoms with E-state index in [1.54, 1.807) is 0 Å². The Morgan fingerprint density at radius 1 is 1.50 bits per heavy atom. The van der Waals surface area contributed by atoms with E-state index in [1.165, 1.54) is 0 Å². The number of hydrogen-bond donors (Lipinski definition) is 2. The number of carbonyl (C=O) groups excluding carboxylic acids is 1. The Labute approximate surface area is 111 Å². The molecule has 0 bridgehead atoms. The van der Waals surface area contributed by atoms with Crippen LogP contribution in [0, 0.1) is 0 Å². The van der Waals surface area contributed by atoms with E-state index < -0.39 is 0 Å². The Balaban J connectivity index is 2.63. The Bertz CT molecular complexity index is 267. The normalized spacial score (nSPS) is 22.2. The molecule has 0 radical (unpaired) electrons. The fraction of sp³-hybridized carbons (Fsp3) is 0.929. The van der Waals surface area contributed by atoms with Crippen LogP contribution < -0.4 is 10.6 Å². The number of nitrogens with one attached hydrogen (secondary N) is 2. The van der Waals surface area contributed by atoms with Crippen molar-refractivity contribution in [2.45, 2.75) is 65.1 Å². The zero-order chi connectivity index (χ0) is 13.8. The monoisotopic (exact) mass is 255 g/mol. The third-order valence-corrected chi connectivity index (χ3v) is 3.36. The van der Waals surface area contributed by atoms with Gasteiger partial charge in [0.1, 0.15) is 0 Å². The third kappa shape index (κ3) is 4.58. The molecule has 2 N–H and O–H groups in total. The average molecular weight is 255 g/mol. The fourth-order valence-electron chi connectivity index (χ4n) is 2.50. The van der Waals surface area contributed by atoms with Gasteiger partial charge >= 0.3 is 0 Å². The molecule has 106 valence electrons. The Morgan fingerprint density at radius 2 is 2.17 bits per heavy atom. The summed E-state index contributed by atoms with van der Waals surface area (Å²) >= 11 is 0. The van der Waals surface area contributed by atoms with Gasteiger partial charge in [0, 0.05) is 18.1 Å². The summed E-state index contributed by atoms with van der Waals surface area (Å²) in [6, 6.07) is 0.458. The first-order valence-corrected chi connectivity index (χ1v) is 7.13. The maximum Gasteiger partial charge on any atom is 0.237 e. The molecule has 18 heavy (non-hydrogen) atoms. The van der Waals surface area contributed by atoms with E-state index in [-0.39, 0.29) is 17.5 Å². The van der Waals surface area contributed by atoms with Crippen LogP contribution in [0.5, 0.6) is 0 Å². The number of hydrogen-bond acceptors (Lipinski definition) is 3. The number of nitrogens with zero attached hydrogens (tertiary/aromatic N) is 1. The second kappa shape index (κ2) is 6.53. The van der Waals surface area contributed by atoms with Crippen molar-refractivity contribution >= 4 is 5.91 Å². The first kappa shape index (κ1) is 15.4. The highest BCUT2D eigenvalue weighted by atomic mass is 16.2. The molecule has 1 heterocycles. The molecule has 2 unspecified atom stereocenters. The molecule has 1 saturated heterocycles. The Kier molecular flexibility index (Phi) is 5.60. The quantitative estimate of drug-likeness (QED) is 0.780. The lowest BCUT2D eigenvalue weighted by atomic mass is 10.1. The molecule has 0 aromatic rings. The van der Waals surface area contributed by atoms with Gasteiger partial charge in [-0.3, -0.25) is 9.69 Å². The Morgan fingerprint density at radius 3 is 2.61 bits per heavy atom. The maximum atomic E-state index is 12.3. The van der Waals surface area contributed by atoms with Gasteiger partial charge in [0.05, 0.1) is 6.04 Å². The van der Waals surface area contributed by atoms with Crippen LogP contribution in [0.15, 0.2) is 0 Å². The van der Waals surface area contributed by atoms with Crippen LogP contribution in [0.25, 0.3) is 0 Å². The number of rotatable bonds is 5. The largest absolute Gasteiger partial charge is 0.350 e. The summed E-state index contributed by atoms with van der Waals surface area (Å²) in [5, 5.41) is 6.46. The summed E-state index contributed by atoms with van der Waals surface area (Å²) in [4.78, 5) is 14.6. The minimum absolute atomic E-state index is 0.0472. The predicted molar refractivity (Wildman–Crippen MR) is 75.6 cm³/mol. The van der Waals surface area contributed by atoms with Crippen LogP contribution in [-0.4, -0.2) is 48.1 Å². The topological polar surface area (TPSA) is 44.4 Å². The second-order valence-corrected chi connectivity index (χ2v) is 6.30. The van der Waals surface area contributed by atoms with Gasteiger partial charge in [0.2, 0.25) is 5.91 Å². The van der Waals surface area contributed by atoms with Gasteiger partial charge in [0.15, 0.2) is 0 Å². The van der Waals surface area contributed by atoms with Crippen LogP contribution >= 0.6 is 0 Å². The predicted octanol–water partition coefficient (Wildman–Crippen LogP) is 1.36. The number of amides is 1. The van der Waals surface area contributed by atoms with Crippen LogP contribution in [0.2, 0.25) is 0 Å². The lowest BCUT2D eigenvalue weighted by Gasteiger charge is -2.34. The van der Waals surface area contributed by atoms with Crippen LogP contribution in [0.4, 0.5) is 0 Å². The zero-order valence-corrected chi connectivity index (χ0v) is 12.5. The van der Waals surface area contributed by atoms with Crippen LogP contribution in [0.1, 0.15) is 47.5 Å². The standard InChI is InChI=1S/C14H29N3O/c1-6-9-17(12-7-8-15-10-12)11(2)13(18)16-14(3,4)5/h11-12,15H,6-10H2,1-5H3,(H,16,18). The fourth-order valence-corrected chi connectivity index (χ4v) is 2.50. The first-order chi connectivity index (χ1) is 8.35. The van der Waals surface area contributed by atoms with Gasteiger partial charge < -0.3 is 10.6 Å². The van der Waals surface area contributed by atoms with Gasteiger partial charge in [-0.1, -0.05) is 6.92 Å². The Hall–Kier alpha value is -0.610. The molecule has 1 aliphatic rings. The third-order valence-electron chi connectivity index (χ3n) is 3.36. The first-order valence-electron chi connectivity index (χ1n) is 7.13. The molecule has 4 heteroatoms. The second-order valence-electron chi connectivity index (χ2n) is 6.30. The molecule has 0 spiro atoms. The molecule has 0 saturated carbocycles. The minimum Gasteiger partial charge on any atom is -0.350 e. The van der Waals surface area contributed by atoms with Crippen molar-refractivity contribution in [2.24, 2.45) is 0 Å². The van der Waals surface area contributed by atoms with Crippen LogP contribution in [-0.2, 0) is 4.79 Å². The molecule has 2 atom stereocenters. The minimum atomic E-state index is -0.156. The van der Waals surface area contributed by atoms with Crippen molar-refractivity contribution in [3.63, 3.8) is 0 Å². The molecule has 0 aromatic carbocycles. The van der Waals surface area contributed by atoms with E-state index in [1.807, 2.05) is 27.7 Å². The van der Waals surface area contributed by atoms with Crippen LogP contribution in [0.3, 0.4) is 0 Å². The summed E-state index contributed by atoms with van der Waals surface area (Å²) in [7, 11) is 0. The van der Waals surface area contributed by atoms with E-state index in [4.69, 9.17) is 0 Å². The van der Waals surface area contributed by atoms with Gasteiger partial charge in [0.25, 0.3) is 0 Å². The molecule has 4 nitrogen and oxygen atoms in total. The number of carbonyl (C=O) groups is 1. The highest BCUT2D eigenvalue weighted by molar-refractivity contribution is 5.82. The molecule has 1 aliphatic heterocycles. The van der Waals surface area contributed by atoms with Gasteiger partial charge in [-0.25, -0.2) is 0 Å². The van der Waals surface area contributed by atoms with Crippen molar-refractivity contribution in [1.29, 1.82) is 0 Å². The summed E-state index contributed by atoms with van der Waals surface area (Å²) in [6.07, 6.45) is 2.23. The van der Waals surface area contributed by atoms with E-state index in [0.717, 1.165) is 32.5 Å². The van der Waals surface area contributed by atoms with E-state index >= 15 is 0 Å². The highest BCUT2D eigenvalue weighted by Crippen LogP contribution is 2.14. The van der Waals surface area contributed by atoms with Gasteiger partial charge in [-0.2, -0.15) is 0 Å². The lowest BCUT2D eigenvalue weighted by molar-refractivity contribution is -0.128. The van der Waals surface area contributed by atoms with Crippen molar-refractivity contribution in [3.05, 3.63) is 0 Å². The van der Waals surface area contributed by atoms with E-state index in [2.05, 4.69) is 22.5 Å². The summed E-state index contributed by atoms with van der Waals surface area (Å²) < 4.78 is 0. The average Bonchev–Trinajstić information content (AvgIpc) is 2.75. The van der Waals surface area contributed by atoms with Gasteiger partial charge in [-0.15, -0.1) is 0 Å². The zero-order valence-electron chi connectivity index (χ0n) is 12.5. The summed E-state index contributed by atoms with van der Waals surface area (Å²) in [6.45, 7) is 13.3. The summed E-state index contributed by atoms with van der Waals surface area (Å²) in [5.74, 6) is 0.142. The molecule has 1 fully saturated rings. The van der Waals surface area contributed by atoms with Gasteiger partial charge in [-0.05, 0) is 53.6 Å². The molecule has 0 aromatic heterocycles. The van der Waals surface area contributed by atoms with Crippen molar-refractivity contribution in [3.8, 4) is 0 Å². The molecule has 1 amide bonds. The summed E-state index contributed by atoms with van der Waals surface area (Å²) in [5.41, 5.74) is -0.156. The van der Waals surface area contributed by atoms with Crippen molar-refractivity contribution in [1.82, 2.24) is 15.5 Å². The van der Waals surface area contributed by atoms with E-state index in [9.17, 15) is 4.79 Å².